The molecule has 0 aliphatic rings. The topological polar surface area (TPSA) is 72.2 Å². The Bertz CT molecular complexity index is 854. The number of hydrogen-bond acceptors (Lipinski definition) is 4. The summed E-state index contributed by atoms with van der Waals surface area (Å²) in [7, 11) is 0. The van der Waals surface area contributed by atoms with Gasteiger partial charge < -0.3 is 5.32 Å². The van der Waals surface area contributed by atoms with Gasteiger partial charge in [-0.1, -0.05) is 12.1 Å². The van der Waals surface area contributed by atoms with Crippen molar-refractivity contribution in [2.45, 2.75) is 24.9 Å². The maximum Gasteiger partial charge on any atom is 0.416 e. The number of aryl methyl sites for hydroxylation is 1. The third-order valence-electron chi connectivity index (χ3n) is 3.71. The Hall–Kier alpha value is -2.55. The minimum Gasteiger partial charge on any atom is -0.319 e. The molecule has 0 fully saturated rings. The van der Waals surface area contributed by atoms with Gasteiger partial charge in [0.15, 0.2) is 0 Å². The summed E-state index contributed by atoms with van der Waals surface area (Å²) in [4.78, 5) is 22.9. The van der Waals surface area contributed by atoms with Crippen molar-refractivity contribution in [2.24, 2.45) is 0 Å². The molecular weight excluding hydrogens is 369 g/mol. The number of carbonyl (C=O) groups excluding carboxylic acids is 1. The van der Waals surface area contributed by atoms with Crippen LogP contribution in [0.3, 0.4) is 0 Å². The fraction of sp³-hybridized carbons (Fsp3) is 0.235. The number of hydrogen-bond donors (Lipinski definition) is 1. The molecule has 1 N–H and O–H groups in total. The van der Waals surface area contributed by atoms with E-state index in [1.54, 1.807) is 19.9 Å². The first-order valence-electron chi connectivity index (χ1n) is 7.44. The van der Waals surface area contributed by atoms with E-state index in [2.05, 4.69) is 5.32 Å². The van der Waals surface area contributed by atoms with Gasteiger partial charge in [0.2, 0.25) is 5.91 Å². The van der Waals surface area contributed by atoms with Crippen LogP contribution >= 0.6 is 11.8 Å². The number of carbonyl (C=O) groups is 1. The second-order valence-electron chi connectivity index (χ2n) is 5.52. The van der Waals surface area contributed by atoms with Gasteiger partial charge in [0.1, 0.15) is 5.69 Å². The van der Waals surface area contributed by atoms with Crippen LogP contribution in [0.15, 0.2) is 41.3 Å². The van der Waals surface area contributed by atoms with E-state index >= 15 is 0 Å². The molecule has 0 saturated carbocycles. The molecule has 2 aromatic carbocycles. The fourth-order valence-electron chi connectivity index (χ4n) is 2.20. The fourth-order valence-corrected chi connectivity index (χ4v) is 2.95. The van der Waals surface area contributed by atoms with Crippen molar-refractivity contribution >= 4 is 29.0 Å². The van der Waals surface area contributed by atoms with Crippen molar-refractivity contribution in [1.82, 2.24) is 0 Å². The molecule has 0 aliphatic carbocycles. The molecule has 0 aliphatic heterocycles. The molecule has 0 aromatic heterocycles. The van der Waals surface area contributed by atoms with Gasteiger partial charge in [-0.2, -0.15) is 13.2 Å². The monoisotopic (exact) mass is 384 g/mol. The third-order valence-corrected chi connectivity index (χ3v) is 4.70. The van der Waals surface area contributed by atoms with Crippen LogP contribution in [0.1, 0.15) is 16.7 Å². The van der Waals surface area contributed by atoms with Crippen molar-refractivity contribution in [3.8, 4) is 0 Å². The molecule has 0 radical (unpaired) electrons. The van der Waals surface area contributed by atoms with Gasteiger partial charge in [0.05, 0.1) is 16.2 Å². The maximum absolute atomic E-state index is 12.7. The Morgan fingerprint density at radius 2 is 1.92 bits per heavy atom. The molecule has 0 atom stereocenters. The number of nitrogens with one attached hydrogen (secondary N) is 1. The van der Waals surface area contributed by atoms with E-state index < -0.39 is 22.6 Å². The van der Waals surface area contributed by atoms with E-state index in [0.29, 0.717) is 5.56 Å². The first kappa shape index (κ1) is 19.8. The zero-order chi connectivity index (χ0) is 19.5. The van der Waals surface area contributed by atoms with Crippen LogP contribution in [0.2, 0.25) is 0 Å². The normalized spacial score (nSPS) is 11.3. The zero-order valence-corrected chi connectivity index (χ0v) is 14.7. The van der Waals surface area contributed by atoms with Gasteiger partial charge in [-0.25, -0.2) is 0 Å². The van der Waals surface area contributed by atoms with E-state index in [1.807, 2.05) is 0 Å². The standard InChI is InChI=1S/C17H15F3N2O3S/c1-10-6-7-14(22(24)25)16(11(10)2)21-15(23)9-26-13-5-3-4-12(8-13)17(18,19)20/h3-8H,9H2,1-2H3,(H,21,23). The number of rotatable bonds is 5. The molecular formula is C17H15F3N2O3S. The zero-order valence-electron chi connectivity index (χ0n) is 13.9. The summed E-state index contributed by atoms with van der Waals surface area (Å²) >= 11 is 0.920. The molecule has 2 aromatic rings. The lowest BCUT2D eigenvalue weighted by atomic mass is 10.1. The van der Waals surface area contributed by atoms with E-state index in [1.165, 1.54) is 18.2 Å². The molecule has 0 saturated heterocycles. The minimum atomic E-state index is -4.46. The Morgan fingerprint density at radius 1 is 1.23 bits per heavy atom. The molecule has 1 amide bonds. The lowest BCUT2D eigenvalue weighted by molar-refractivity contribution is -0.384. The van der Waals surface area contributed by atoms with Crippen molar-refractivity contribution in [1.29, 1.82) is 0 Å². The molecule has 26 heavy (non-hydrogen) atoms. The molecule has 138 valence electrons. The molecule has 0 spiro atoms. The van der Waals surface area contributed by atoms with Crippen molar-refractivity contribution in [2.75, 3.05) is 11.1 Å². The molecule has 2 rings (SSSR count). The smallest absolute Gasteiger partial charge is 0.319 e. The highest BCUT2D eigenvalue weighted by Crippen LogP contribution is 2.33. The molecule has 0 unspecified atom stereocenters. The summed E-state index contributed by atoms with van der Waals surface area (Å²) in [6, 6.07) is 7.52. The number of benzene rings is 2. The molecule has 0 heterocycles. The van der Waals surface area contributed by atoms with Gasteiger partial charge >= 0.3 is 6.18 Å². The Morgan fingerprint density at radius 3 is 2.54 bits per heavy atom. The van der Waals surface area contributed by atoms with Gasteiger partial charge in [-0.15, -0.1) is 11.8 Å². The van der Waals surface area contributed by atoms with Crippen LogP contribution in [0.5, 0.6) is 0 Å². The number of alkyl halides is 3. The highest BCUT2D eigenvalue weighted by Gasteiger charge is 2.30. The molecule has 9 heteroatoms. The first-order valence-corrected chi connectivity index (χ1v) is 8.42. The summed E-state index contributed by atoms with van der Waals surface area (Å²) in [5.41, 5.74) is 0.413. The maximum atomic E-state index is 12.7. The number of halogens is 3. The van der Waals surface area contributed by atoms with Crippen molar-refractivity contribution in [3.63, 3.8) is 0 Å². The minimum absolute atomic E-state index is 0.102. The third kappa shape index (κ3) is 4.75. The second-order valence-corrected chi connectivity index (χ2v) is 6.57. The van der Waals surface area contributed by atoms with Crippen molar-refractivity contribution in [3.05, 3.63) is 63.2 Å². The average Bonchev–Trinajstić information content (AvgIpc) is 2.56. The van der Waals surface area contributed by atoms with Crippen LogP contribution in [-0.2, 0) is 11.0 Å². The van der Waals surface area contributed by atoms with Crippen LogP contribution in [0, 0.1) is 24.0 Å². The summed E-state index contributed by atoms with van der Waals surface area (Å²) in [5.74, 6) is -0.713. The lowest BCUT2D eigenvalue weighted by Gasteiger charge is -2.11. The van der Waals surface area contributed by atoms with Crippen LogP contribution in [-0.4, -0.2) is 16.6 Å². The molecule has 0 bridgehead atoms. The van der Waals surface area contributed by atoms with E-state index in [4.69, 9.17) is 0 Å². The number of amides is 1. The van der Waals surface area contributed by atoms with Gasteiger partial charge in [-0.05, 0) is 43.2 Å². The van der Waals surface area contributed by atoms with E-state index in [9.17, 15) is 28.1 Å². The Kier molecular flexibility index (Phi) is 5.91. The Balaban J connectivity index is 2.11. The van der Waals surface area contributed by atoms with Crippen LogP contribution < -0.4 is 5.32 Å². The number of nitro groups is 1. The van der Waals surface area contributed by atoms with Gasteiger partial charge in [0.25, 0.3) is 5.69 Å². The van der Waals surface area contributed by atoms with Gasteiger partial charge in [0, 0.05) is 11.0 Å². The summed E-state index contributed by atoms with van der Waals surface area (Å²) in [5, 5.41) is 13.6. The average molecular weight is 384 g/mol. The highest BCUT2D eigenvalue weighted by atomic mass is 32.2. The lowest BCUT2D eigenvalue weighted by Crippen LogP contribution is -2.16. The predicted octanol–water partition coefficient (Wildman–Crippen LogP) is 4.96. The van der Waals surface area contributed by atoms with Crippen molar-refractivity contribution < 1.29 is 22.9 Å². The van der Waals surface area contributed by atoms with Crippen LogP contribution in [0.4, 0.5) is 24.5 Å². The van der Waals surface area contributed by atoms with E-state index in [0.717, 1.165) is 29.5 Å². The van der Waals surface area contributed by atoms with Gasteiger partial charge in [-0.3, -0.25) is 14.9 Å². The quantitative estimate of drug-likeness (QED) is 0.449. The summed E-state index contributed by atoms with van der Waals surface area (Å²) in [6.45, 7) is 3.41. The Labute approximate surface area is 151 Å². The van der Waals surface area contributed by atoms with E-state index in [-0.39, 0.29) is 22.0 Å². The number of nitro benzene ring substituents is 1. The number of nitrogens with zero attached hydrogens (tertiary/aromatic N) is 1. The number of anilines is 1. The summed E-state index contributed by atoms with van der Waals surface area (Å²) in [6.07, 6.45) is -4.46. The predicted molar refractivity (Wildman–Crippen MR) is 93.4 cm³/mol. The largest absolute Gasteiger partial charge is 0.416 e. The molecule has 5 nitrogen and oxygen atoms in total. The second kappa shape index (κ2) is 7.77. The first-order chi connectivity index (χ1) is 12.1. The highest BCUT2D eigenvalue weighted by molar-refractivity contribution is 8.00. The number of thioether (sulfide) groups is 1. The van der Waals surface area contributed by atoms with Crippen LogP contribution in [0.25, 0.3) is 0 Å². The summed E-state index contributed by atoms with van der Waals surface area (Å²) < 4.78 is 38.1. The SMILES string of the molecule is Cc1ccc([N+](=O)[O-])c(NC(=O)CSc2cccc(C(F)(F)F)c2)c1C.